The first-order valence-electron chi connectivity index (χ1n) is 12.2. The molecule has 1 unspecified atom stereocenters. The number of nitrogen functional groups attached to an aromatic ring is 1. The Balaban J connectivity index is 1.36. The molecule has 1 aliphatic rings. The van der Waals surface area contributed by atoms with E-state index in [-0.39, 0.29) is 37.1 Å². The lowest BCUT2D eigenvalue weighted by molar-refractivity contribution is -0.138. The highest BCUT2D eigenvalue weighted by molar-refractivity contribution is 7.81. The van der Waals surface area contributed by atoms with Crippen LogP contribution in [0.1, 0.15) is 51.3 Å². The highest BCUT2D eigenvalue weighted by Gasteiger charge is 2.36. The van der Waals surface area contributed by atoms with Crippen molar-refractivity contribution in [3.8, 4) is 0 Å². The van der Waals surface area contributed by atoms with Crippen molar-refractivity contribution in [1.82, 2.24) is 24.8 Å². The van der Waals surface area contributed by atoms with Crippen LogP contribution in [0.4, 0.5) is 5.82 Å². The molecule has 35 heavy (non-hydrogen) atoms. The van der Waals surface area contributed by atoms with Crippen LogP contribution in [0.5, 0.6) is 0 Å². The zero-order chi connectivity index (χ0) is 24.9. The van der Waals surface area contributed by atoms with Gasteiger partial charge in [-0.25, -0.2) is 9.97 Å². The topological polar surface area (TPSA) is 123 Å². The normalized spacial score (nSPS) is 16.1. The summed E-state index contributed by atoms with van der Waals surface area (Å²) in [6.07, 6.45) is 4.83. The molecule has 1 fully saturated rings. The number of carbonyl (C=O) groups excluding carboxylic acids is 3. The molecule has 1 saturated heterocycles. The van der Waals surface area contributed by atoms with Gasteiger partial charge in [-0.1, -0.05) is 31.5 Å². The molecule has 186 valence electrons. The summed E-state index contributed by atoms with van der Waals surface area (Å²) in [5.74, 6) is 0.702. The molecule has 10 heteroatoms. The van der Waals surface area contributed by atoms with Crippen molar-refractivity contribution in [2.24, 2.45) is 0 Å². The molecular formula is C25H32N6O3S. The zero-order valence-electron chi connectivity index (χ0n) is 20.0. The molecule has 0 radical (unpaired) electrons. The first-order chi connectivity index (χ1) is 16.9. The molecule has 3 heterocycles. The Bertz CT molecular complexity index is 1260. The van der Waals surface area contributed by atoms with Crippen molar-refractivity contribution in [2.75, 3.05) is 18.8 Å². The van der Waals surface area contributed by atoms with E-state index in [9.17, 15) is 14.4 Å². The summed E-state index contributed by atoms with van der Waals surface area (Å²) in [5, 5.41) is 3.34. The largest absolute Gasteiger partial charge is 0.382 e. The number of para-hydroxylation sites is 1. The van der Waals surface area contributed by atoms with Crippen LogP contribution >= 0.6 is 12.6 Å². The van der Waals surface area contributed by atoms with Crippen LogP contribution in [0.15, 0.2) is 24.3 Å². The zero-order valence-corrected chi connectivity index (χ0v) is 20.9. The second-order valence-electron chi connectivity index (χ2n) is 8.91. The third-order valence-electron chi connectivity index (χ3n) is 6.36. The predicted molar refractivity (Wildman–Crippen MR) is 139 cm³/mol. The Morgan fingerprint density at radius 2 is 1.97 bits per heavy atom. The van der Waals surface area contributed by atoms with Gasteiger partial charge in [-0.15, -0.1) is 0 Å². The van der Waals surface area contributed by atoms with Crippen LogP contribution in [-0.4, -0.2) is 55.5 Å². The van der Waals surface area contributed by atoms with Gasteiger partial charge in [0.1, 0.15) is 11.3 Å². The molecule has 1 aliphatic heterocycles. The third-order valence-corrected chi connectivity index (χ3v) is 6.76. The van der Waals surface area contributed by atoms with E-state index < -0.39 is 5.25 Å². The summed E-state index contributed by atoms with van der Waals surface area (Å²) in [7, 11) is 0. The van der Waals surface area contributed by atoms with Crippen LogP contribution < -0.4 is 11.1 Å². The number of imidazole rings is 1. The fraction of sp³-hybridized carbons (Fsp3) is 0.480. The number of aryl methyl sites for hydroxylation is 2. The van der Waals surface area contributed by atoms with E-state index >= 15 is 0 Å². The van der Waals surface area contributed by atoms with Crippen molar-refractivity contribution >= 4 is 58.1 Å². The summed E-state index contributed by atoms with van der Waals surface area (Å²) in [6.45, 7) is 3.55. The maximum absolute atomic E-state index is 12.2. The first kappa shape index (κ1) is 25.0. The average Bonchev–Trinajstić information content (AvgIpc) is 3.32. The van der Waals surface area contributed by atoms with Gasteiger partial charge in [-0.05, 0) is 25.3 Å². The molecule has 0 spiro atoms. The molecule has 0 aliphatic carbocycles. The average molecular weight is 497 g/mol. The highest BCUT2D eigenvalue weighted by atomic mass is 32.1. The lowest BCUT2D eigenvalue weighted by atomic mass is 10.2. The molecule has 4 rings (SSSR count). The Kier molecular flexibility index (Phi) is 7.90. The number of thiol groups is 1. The van der Waals surface area contributed by atoms with Gasteiger partial charge in [-0.2, -0.15) is 12.6 Å². The number of nitrogens with one attached hydrogen (secondary N) is 1. The van der Waals surface area contributed by atoms with E-state index in [1.165, 1.54) is 0 Å². The Morgan fingerprint density at radius 3 is 2.71 bits per heavy atom. The van der Waals surface area contributed by atoms with E-state index in [2.05, 4.69) is 40.5 Å². The number of anilines is 1. The van der Waals surface area contributed by atoms with Crippen molar-refractivity contribution in [3.05, 3.63) is 30.1 Å². The van der Waals surface area contributed by atoms with Gasteiger partial charge in [0, 0.05) is 44.3 Å². The molecule has 3 aromatic rings. The van der Waals surface area contributed by atoms with Crippen LogP contribution in [0, 0.1) is 0 Å². The Labute approximate surface area is 209 Å². The van der Waals surface area contributed by atoms with Gasteiger partial charge in [-0.3, -0.25) is 19.3 Å². The predicted octanol–water partition coefficient (Wildman–Crippen LogP) is 2.85. The number of unbranched alkanes of at least 4 members (excludes halogenated alkanes) is 2. The highest BCUT2D eigenvalue weighted by Crippen LogP contribution is 2.29. The van der Waals surface area contributed by atoms with E-state index in [4.69, 9.17) is 10.7 Å². The van der Waals surface area contributed by atoms with E-state index in [1.807, 2.05) is 18.2 Å². The maximum Gasteiger partial charge on any atom is 0.242 e. The summed E-state index contributed by atoms with van der Waals surface area (Å²) >= 11 is 4.10. The van der Waals surface area contributed by atoms with Crippen molar-refractivity contribution < 1.29 is 14.4 Å². The number of hydrogen-bond donors (Lipinski definition) is 3. The van der Waals surface area contributed by atoms with Crippen LogP contribution in [0.25, 0.3) is 21.9 Å². The number of likely N-dealkylation sites (tertiary alicyclic amines) is 1. The summed E-state index contributed by atoms with van der Waals surface area (Å²) < 4.78 is 2.26. The van der Waals surface area contributed by atoms with Crippen LogP contribution in [0.2, 0.25) is 0 Å². The number of rotatable bonds is 11. The fourth-order valence-corrected chi connectivity index (χ4v) is 4.79. The first-order valence-corrected chi connectivity index (χ1v) is 12.7. The van der Waals surface area contributed by atoms with Gasteiger partial charge in [0.05, 0.1) is 16.3 Å². The maximum atomic E-state index is 12.2. The molecule has 2 aromatic heterocycles. The smallest absolute Gasteiger partial charge is 0.242 e. The lowest BCUT2D eigenvalue weighted by Gasteiger charge is -2.14. The van der Waals surface area contributed by atoms with Crippen molar-refractivity contribution in [1.29, 1.82) is 0 Å². The number of fused-ring (bicyclic) bond motifs is 3. The van der Waals surface area contributed by atoms with Gasteiger partial charge in [0.2, 0.25) is 17.7 Å². The molecule has 3 amide bonds. The van der Waals surface area contributed by atoms with E-state index in [0.717, 1.165) is 71.3 Å². The number of aromatic nitrogens is 3. The lowest BCUT2D eigenvalue weighted by Crippen LogP contribution is -2.35. The minimum absolute atomic E-state index is 0.101. The molecule has 0 saturated carbocycles. The number of pyridine rings is 1. The summed E-state index contributed by atoms with van der Waals surface area (Å²) in [4.78, 5) is 46.4. The van der Waals surface area contributed by atoms with Crippen LogP contribution in [-0.2, 0) is 27.3 Å². The number of benzene rings is 1. The summed E-state index contributed by atoms with van der Waals surface area (Å²) in [6, 6.07) is 7.97. The van der Waals surface area contributed by atoms with Gasteiger partial charge < -0.3 is 15.6 Å². The number of carbonyl (C=O) groups is 3. The van der Waals surface area contributed by atoms with Gasteiger partial charge >= 0.3 is 0 Å². The number of imide groups is 1. The van der Waals surface area contributed by atoms with Crippen molar-refractivity contribution in [3.63, 3.8) is 0 Å². The molecule has 9 nitrogen and oxygen atoms in total. The standard InChI is InChI=1S/C25H32N6O3S/c1-2-3-10-19-29-22-23(16-8-4-5-9-17(16)28-24(22)26)30(19)13-7-6-12-27-20(32)11-14-31-21(33)15-18(35)25(31)34/h4-5,8-9,18,35H,2-3,6-7,10-15H2,1H3,(H2,26,28)(H,27,32). The van der Waals surface area contributed by atoms with Gasteiger partial charge in [0.25, 0.3) is 0 Å². The van der Waals surface area contributed by atoms with E-state index in [1.54, 1.807) is 0 Å². The number of nitrogens with zero attached hydrogens (tertiary/aromatic N) is 4. The minimum Gasteiger partial charge on any atom is -0.382 e. The van der Waals surface area contributed by atoms with Gasteiger partial charge in [0.15, 0.2) is 5.82 Å². The second-order valence-corrected chi connectivity index (χ2v) is 9.53. The quantitative estimate of drug-likeness (QED) is 0.213. The Morgan fingerprint density at radius 1 is 1.17 bits per heavy atom. The SMILES string of the molecule is CCCCc1nc2c(N)nc3ccccc3c2n1CCCCNC(=O)CCN1C(=O)CC(S)C1=O. The molecule has 0 bridgehead atoms. The summed E-state index contributed by atoms with van der Waals surface area (Å²) in [5.41, 5.74) is 8.88. The second kappa shape index (κ2) is 11.1. The molecule has 1 atom stereocenters. The van der Waals surface area contributed by atoms with Crippen LogP contribution in [0.3, 0.4) is 0 Å². The number of amides is 3. The number of hydrogen-bond acceptors (Lipinski definition) is 7. The minimum atomic E-state index is -0.588. The van der Waals surface area contributed by atoms with Crippen molar-refractivity contribution in [2.45, 2.75) is 63.7 Å². The van der Waals surface area contributed by atoms with E-state index in [0.29, 0.717) is 12.4 Å². The number of nitrogens with two attached hydrogens (primary N) is 1. The fourth-order valence-electron chi connectivity index (χ4n) is 4.50. The molecular weight excluding hydrogens is 464 g/mol. The Hall–Kier alpha value is -3.14. The molecule has 3 N–H and O–H groups in total. The third kappa shape index (κ3) is 5.42. The molecule has 1 aromatic carbocycles. The monoisotopic (exact) mass is 496 g/mol.